The molecule has 2 aliphatic rings. The first-order valence-electron chi connectivity index (χ1n) is 7.58. The number of thiophene rings is 1. The molecule has 1 aliphatic carbocycles. The van der Waals surface area contributed by atoms with Gasteiger partial charge in [-0.15, -0.1) is 11.3 Å². The van der Waals surface area contributed by atoms with Gasteiger partial charge in [-0.3, -0.25) is 10.1 Å². The fourth-order valence-electron chi connectivity index (χ4n) is 2.51. The van der Waals surface area contributed by atoms with Crippen LogP contribution in [-0.4, -0.2) is 28.4 Å². The van der Waals surface area contributed by atoms with Gasteiger partial charge in [0.2, 0.25) is 5.91 Å². The third-order valence-electron chi connectivity index (χ3n) is 3.95. The number of fused-ring (bicyclic) bond motifs is 1. The first kappa shape index (κ1) is 14.6. The van der Waals surface area contributed by atoms with Gasteiger partial charge < -0.3 is 10.2 Å². The monoisotopic (exact) mass is 348 g/mol. The van der Waals surface area contributed by atoms with E-state index in [4.69, 9.17) is 0 Å². The molecule has 1 aliphatic heterocycles. The number of nitrogens with one attached hydrogen (secondary N) is 2. The zero-order valence-corrected chi connectivity index (χ0v) is 14.0. The molecular weight excluding hydrogens is 332 g/mol. The molecule has 0 radical (unpaired) electrons. The summed E-state index contributed by atoms with van der Waals surface area (Å²) in [5, 5.41) is 9.24. The molecule has 3 amide bonds. The summed E-state index contributed by atoms with van der Waals surface area (Å²) in [4.78, 5) is 31.5. The highest BCUT2D eigenvalue weighted by Crippen LogP contribution is 2.33. The summed E-state index contributed by atoms with van der Waals surface area (Å²) in [6, 6.07) is 3.71. The Labute approximate surface area is 141 Å². The molecule has 6 nitrogen and oxygen atoms in total. The molecule has 23 heavy (non-hydrogen) atoms. The van der Waals surface area contributed by atoms with E-state index in [-0.39, 0.29) is 17.9 Å². The second-order valence-corrected chi connectivity index (χ2v) is 7.76. The van der Waals surface area contributed by atoms with Crippen molar-refractivity contribution in [2.24, 2.45) is 5.92 Å². The molecule has 120 valence electrons. The quantitative estimate of drug-likeness (QED) is 0.895. The molecule has 0 atom stereocenters. The molecule has 4 rings (SSSR count). The van der Waals surface area contributed by atoms with Crippen molar-refractivity contribution >= 4 is 44.7 Å². The van der Waals surface area contributed by atoms with E-state index in [2.05, 4.69) is 15.6 Å². The molecule has 1 saturated carbocycles. The maximum atomic E-state index is 12.3. The summed E-state index contributed by atoms with van der Waals surface area (Å²) in [6.07, 6.45) is 2.68. The van der Waals surface area contributed by atoms with E-state index in [0.29, 0.717) is 18.2 Å². The Morgan fingerprint density at radius 1 is 1.30 bits per heavy atom. The number of rotatable bonds is 3. The molecular formula is C15H16N4O2S2. The number of anilines is 2. The van der Waals surface area contributed by atoms with Crippen LogP contribution in [0.1, 0.15) is 23.4 Å². The van der Waals surface area contributed by atoms with Crippen LogP contribution in [0.3, 0.4) is 0 Å². The van der Waals surface area contributed by atoms with Crippen molar-refractivity contribution in [2.75, 3.05) is 17.2 Å². The lowest BCUT2D eigenvalue weighted by Gasteiger charge is -2.25. The smallest absolute Gasteiger partial charge is 0.319 e. The third kappa shape index (κ3) is 3.23. The summed E-state index contributed by atoms with van der Waals surface area (Å²) >= 11 is 2.98. The molecule has 3 heterocycles. The number of hydrogen-bond acceptors (Lipinski definition) is 5. The lowest BCUT2D eigenvalue weighted by Crippen LogP contribution is -2.38. The number of carbonyl (C=O) groups excluding carboxylic acids is 2. The highest BCUT2D eigenvalue weighted by Gasteiger charge is 2.31. The maximum absolute atomic E-state index is 12.3. The fourth-order valence-corrected chi connectivity index (χ4v) is 4.14. The second-order valence-electron chi connectivity index (χ2n) is 5.73. The number of hydrogen-bond donors (Lipinski definition) is 2. The predicted octanol–water partition coefficient (Wildman–Crippen LogP) is 3.14. The minimum Gasteiger partial charge on any atom is -0.319 e. The van der Waals surface area contributed by atoms with Crippen molar-refractivity contribution in [1.82, 2.24) is 9.88 Å². The highest BCUT2D eigenvalue weighted by atomic mass is 32.1. The van der Waals surface area contributed by atoms with Crippen LogP contribution in [-0.2, 0) is 17.8 Å². The Hall–Kier alpha value is -1.93. The van der Waals surface area contributed by atoms with Crippen LogP contribution in [0.5, 0.6) is 0 Å². The topological polar surface area (TPSA) is 74.3 Å². The summed E-state index contributed by atoms with van der Waals surface area (Å²) < 4.78 is 0. The molecule has 0 aromatic carbocycles. The van der Waals surface area contributed by atoms with Crippen molar-refractivity contribution in [1.29, 1.82) is 0 Å². The lowest BCUT2D eigenvalue weighted by atomic mass is 10.2. The predicted molar refractivity (Wildman–Crippen MR) is 90.9 cm³/mol. The number of aromatic nitrogens is 1. The largest absolute Gasteiger partial charge is 0.322 e. The van der Waals surface area contributed by atoms with Crippen molar-refractivity contribution in [2.45, 2.75) is 25.8 Å². The Kier molecular flexibility index (Phi) is 3.78. The van der Waals surface area contributed by atoms with Gasteiger partial charge in [-0.05, 0) is 30.4 Å². The van der Waals surface area contributed by atoms with Gasteiger partial charge >= 0.3 is 6.03 Å². The Morgan fingerprint density at radius 3 is 2.91 bits per heavy atom. The Morgan fingerprint density at radius 2 is 2.17 bits per heavy atom. The van der Waals surface area contributed by atoms with E-state index < -0.39 is 0 Å². The van der Waals surface area contributed by atoms with Crippen LogP contribution in [0.2, 0.25) is 0 Å². The van der Waals surface area contributed by atoms with Crippen molar-refractivity contribution in [3.8, 4) is 0 Å². The van der Waals surface area contributed by atoms with Crippen molar-refractivity contribution < 1.29 is 9.59 Å². The normalized spacial score (nSPS) is 16.8. The third-order valence-corrected chi connectivity index (χ3v) is 5.73. The van der Waals surface area contributed by atoms with Gasteiger partial charge in [-0.2, -0.15) is 0 Å². The standard InChI is InChI=1S/C15H16N4O2S2/c20-13(9-3-4-9)18-14-16-10-5-6-19(8-11(10)23-14)15(21)17-12-2-1-7-22-12/h1-2,7,9H,3-6,8H2,(H,17,21)(H,16,18,20). The van der Waals surface area contributed by atoms with E-state index in [1.54, 1.807) is 4.90 Å². The van der Waals surface area contributed by atoms with E-state index in [9.17, 15) is 9.59 Å². The van der Waals surface area contributed by atoms with Gasteiger partial charge in [0.1, 0.15) is 0 Å². The maximum Gasteiger partial charge on any atom is 0.322 e. The average Bonchev–Trinajstić information content (AvgIpc) is 3.13. The zero-order chi connectivity index (χ0) is 15.8. The van der Waals surface area contributed by atoms with Crippen LogP contribution in [0.15, 0.2) is 17.5 Å². The van der Waals surface area contributed by atoms with Crippen LogP contribution < -0.4 is 10.6 Å². The van der Waals surface area contributed by atoms with Crippen molar-refractivity contribution in [3.05, 3.63) is 28.1 Å². The van der Waals surface area contributed by atoms with E-state index in [1.807, 2.05) is 17.5 Å². The van der Waals surface area contributed by atoms with Gasteiger partial charge in [-0.25, -0.2) is 9.78 Å². The van der Waals surface area contributed by atoms with Gasteiger partial charge in [0.15, 0.2) is 5.13 Å². The average molecular weight is 348 g/mol. The molecule has 0 spiro atoms. The molecule has 8 heteroatoms. The van der Waals surface area contributed by atoms with Crippen molar-refractivity contribution in [3.63, 3.8) is 0 Å². The van der Waals surface area contributed by atoms with Gasteiger partial charge in [0, 0.05) is 23.8 Å². The molecule has 0 bridgehead atoms. The van der Waals surface area contributed by atoms with E-state index in [0.717, 1.165) is 34.8 Å². The second kappa shape index (κ2) is 5.93. The molecule has 0 unspecified atom stereocenters. The minimum absolute atomic E-state index is 0.0726. The Bertz CT molecular complexity index is 737. The SMILES string of the molecule is O=C(Nc1nc2c(s1)CN(C(=O)Nc1cccs1)CC2)C1CC1. The molecule has 2 N–H and O–H groups in total. The van der Waals surface area contributed by atoms with E-state index in [1.165, 1.54) is 22.7 Å². The van der Waals surface area contributed by atoms with E-state index >= 15 is 0 Å². The van der Waals surface area contributed by atoms with Crippen LogP contribution in [0.25, 0.3) is 0 Å². The summed E-state index contributed by atoms with van der Waals surface area (Å²) in [5.74, 6) is 0.243. The molecule has 0 saturated heterocycles. The Balaban J connectivity index is 1.41. The van der Waals surface area contributed by atoms with Crippen LogP contribution >= 0.6 is 22.7 Å². The van der Waals surface area contributed by atoms with Crippen LogP contribution in [0, 0.1) is 5.92 Å². The number of thiazole rings is 1. The fraction of sp³-hybridized carbons (Fsp3) is 0.400. The number of nitrogens with zero attached hydrogens (tertiary/aromatic N) is 2. The first-order chi connectivity index (χ1) is 11.2. The number of urea groups is 1. The summed E-state index contributed by atoms with van der Waals surface area (Å²) in [7, 11) is 0. The molecule has 2 aromatic heterocycles. The minimum atomic E-state index is -0.0879. The van der Waals surface area contributed by atoms with Crippen LogP contribution in [0.4, 0.5) is 14.9 Å². The van der Waals surface area contributed by atoms with Gasteiger partial charge in [-0.1, -0.05) is 11.3 Å². The summed E-state index contributed by atoms with van der Waals surface area (Å²) in [6.45, 7) is 1.19. The number of amides is 3. The highest BCUT2D eigenvalue weighted by molar-refractivity contribution is 7.16. The first-order valence-corrected chi connectivity index (χ1v) is 9.27. The lowest BCUT2D eigenvalue weighted by molar-refractivity contribution is -0.117. The zero-order valence-electron chi connectivity index (χ0n) is 12.4. The molecule has 1 fully saturated rings. The van der Waals surface area contributed by atoms with Gasteiger partial charge in [0.05, 0.1) is 17.2 Å². The molecule has 2 aromatic rings. The summed E-state index contributed by atoms with van der Waals surface area (Å²) in [5.41, 5.74) is 1.00. The van der Waals surface area contributed by atoms with Gasteiger partial charge in [0.25, 0.3) is 0 Å². The number of carbonyl (C=O) groups is 2.